The zero-order valence-corrected chi connectivity index (χ0v) is 10.9. The molecule has 0 fully saturated rings. The summed E-state index contributed by atoms with van der Waals surface area (Å²) in [5.74, 6) is -0.870. The maximum absolute atomic E-state index is 11.5. The van der Waals surface area contributed by atoms with E-state index in [1.54, 1.807) is 18.3 Å². The number of carboxylic acids is 1. The molecule has 0 radical (unpaired) electrons. The SMILES string of the molecule is CC(NCc1cccs1)(C(=O)O)c1ccccc1. The summed E-state index contributed by atoms with van der Waals surface area (Å²) < 4.78 is 0. The molecule has 0 aliphatic rings. The van der Waals surface area contributed by atoms with Crippen molar-refractivity contribution in [1.82, 2.24) is 5.32 Å². The summed E-state index contributed by atoms with van der Waals surface area (Å²) in [5, 5.41) is 14.6. The number of carboxylic acid groups (broad SMARTS) is 1. The van der Waals surface area contributed by atoms with Gasteiger partial charge in [-0.1, -0.05) is 36.4 Å². The molecule has 0 aliphatic carbocycles. The van der Waals surface area contributed by atoms with Crippen molar-refractivity contribution in [3.05, 3.63) is 58.3 Å². The molecular formula is C14H15NO2S. The summed E-state index contributed by atoms with van der Waals surface area (Å²) >= 11 is 1.62. The Bertz CT molecular complexity index is 510. The average Bonchev–Trinajstić information content (AvgIpc) is 2.90. The molecule has 2 N–H and O–H groups in total. The van der Waals surface area contributed by atoms with Crippen LogP contribution in [0.5, 0.6) is 0 Å². The number of rotatable bonds is 5. The van der Waals surface area contributed by atoms with Crippen molar-refractivity contribution in [2.24, 2.45) is 0 Å². The van der Waals surface area contributed by atoms with E-state index < -0.39 is 11.5 Å². The lowest BCUT2D eigenvalue weighted by Crippen LogP contribution is -2.46. The second-order valence-corrected chi connectivity index (χ2v) is 5.26. The fraction of sp³-hybridized carbons (Fsp3) is 0.214. The van der Waals surface area contributed by atoms with E-state index in [0.717, 1.165) is 10.4 Å². The Kier molecular flexibility index (Phi) is 3.79. The van der Waals surface area contributed by atoms with Gasteiger partial charge in [-0.25, -0.2) is 4.79 Å². The van der Waals surface area contributed by atoms with E-state index in [1.807, 2.05) is 47.8 Å². The molecule has 0 bridgehead atoms. The number of benzene rings is 1. The summed E-state index contributed by atoms with van der Waals surface area (Å²) in [6.07, 6.45) is 0. The number of thiophene rings is 1. The summed E-state index contributed by atoms with van der Waals surface area (Å²) in [7, 11) is 0. The normalized spacial score (nSPS) is 14.1. The van der Waals surface area contributed by atoms with Crippen LogP contribution in [0.3, 0.4) is 0 Å². The van der Waals surface area contributed by atoms with E-state index in [9.17, 15) is 9.90 Å². The summed E-state index contributed by atoms with van der Waals surface area (Å²) in [5.41, 5.74) is -0.306. The molecule has 0 aliphatic heterocycles. The molecule has 2 aromatic rings. The van der Waals surface area contributed by atoms with Crippen LogP contribution in [0.2, 0.25) is 0 Å². The van der Waals surface area contributed by atoms with Gasteiger partial charge >= 0.3 is 5.97 Å². The quantitative estimate of drug-likeness (QED) is 0.870. The molecule has 4 heteroatoms. The molecular weight excluding hydrogens is 246 g/mol. The first-order valence-electron chi connectivity index (χ1n) is 5.69. The van der Waals surface area contributed by atoms with E-state index >= 15 is 0 Å². The van der Waals surface area contributed by atoms with Gasteiger partial charge in [0.25, 0.3) is 0 Å². The molecule has 94 valence electrons. The van der Waals surface area contributed by atoms with Gasteiger partial charge in [0.2, 0.25) is 0 Å². The van der Waals surface area contributed by atoms with Crippen LogP contribution >= 0.6 is 11.3 Å². The Labute approximate surface area is 110 Å². The highest BCUT2D eigenvalue weighted by atomic mass is 32.1. The topological polar surface area (TPSA) is 49.3 Å². The Hall–Kier alpha value is -1.65. The molecule has 0 amide bonds. The Morgan fingerprint density at radius 3 is 2.56 bits per heavy atom. The maximum Gasteiger partial charge on any atom is 0.328 e. The van der Waals surface area contributed by atoms with E-state index in [-0.39, 0.29) is 0 Å². The summed E-state index contributed by atoms with van der Waals surface area (Å²) in [4.78, 5) is 12.6. The third kappa shape index (κ3) is 2.60. The van der Waals surface area contributed by atoms with Crippen molar-refractivity contribution in [2.45, 2.75) is 19.0 Å². The van der Waals surface area contributed by atoms with Crippen LogP contribution in [0, 0.1) is 0 Å². The third-order valence-electron chi connectivity index (χ3n) is 2.98. The maximum atomic E-state index is 11.5. The first-order valence-corrected chi connectivity index (χ1v) is 6.57. The lowest BCUT2D eigenvalue weighted by molar-refractivity contribution is -0.144. The van der Waals surface area contributed by atoms with Gasteiger partial charge in [0.05, 0.1) is 0 Å². The zero-order valence-electron chi connectivity index (χ0n) is 10.1. The van der Waals surface area contributed by atoms with Crippen molar-refractivity contribution in [3.8, 4) is 0 Å². The van der Waals surface area contributed by atoms with Crippen LogP contribution in [-0.2, 0) is 16.9 Å². The molecule has 0 spiro atoms. The molecule has 1 unspecified atom stereocenters. The lowest BCUT2D eigenvalue weighted by atomic mass is 9.92. The van der Waals surface area contributed by atoms with Crippen LogP contribution in [0.25, 0.3) is 0 Å². The summed E-state index contributed by atoms with van der Waals surface area (Å²) in [6, 6.07) is 13.2. The highest BCUT2D eigenvalue weighted by Crippen LogP contribution is 2.22. The van der Waals surface area contributed by atoms with Crippen LogP contribution in [0.4, 0.5) is 0 Å². The van der Waals surface area contributed by atoms with Gasteiger partial charge < -0.3 is 5.11 Å². The predicted molar refractivity (Wildman–Crippen MR) is 72.6 cm³/mol. The van der Waals surface area contributed by atoms with Gasteiger partial charge in [0, 0.05) is 11.4 Å². The second-order valence-electron chi connectivity index (χ2n) is 4.23. The lowest BCUT2D eigenvalue weighted by Gasteiger charge is -2.26. The second kappa shape index (κ2) is 5.33. The van der Waals surface area contributed by atoms with E-state index in [2.05, 4.69) is 5.32 Å². The molecule has 1 atom stereocenters. The van der Waals surface area contributed by atoms with Gasteiger partial charge in [-0.3, -0.25) is 5.32 Å². The van der Waals surface area contributed by atoms with Crippen molar-refractivity contribution >= 4 is 17.3 Å². The number of aliphatic carboxylic acids is 1. The van der Waals surface area contributed by atoms with Crippen LogP contribution in [-0.4, -0.2) is 11.1 Å². The molecule has 0 saturated carbocycles. The number of hydrogen-bond acceptors (Lipinski definition) is 3. The van der Waals surface area contributed by atoms with Gasteiger partial charge in [-0.05, 0) is 23.9 Å². The molecule has 0 saturated heterocycles. The minimum atomic E-state index is -1.06. The largest absolute Gasteiger partial charge is 0.480 e. The van der Waals surface area contributed by atoms with Crippen LogP contribution in [0.15, 0.2) is 47.8 Å². The van der Waals surface area contributed by atoms with E-state index in [4.69, 9.17) is 0 Å². The minimum absolute atomic E-state index is 0.551. The Balaban J connectivity index is 2.20. The highest BCUT2D eigenvalue weighted by Gasteiger charge is 2.34. The van der Waals surface area contributed by atoms with E-state index in [0.29, 0.717) is 6.54 Å². The van der Waals surface area contributed by atoms with Gasteiger partial charge in [-0.15, -0.1) is 11.3 Å². The van der Waals surface area contributed by atoms with Crippen LogP contribution < -0.4 is 5.32 Å². The van der Waals surface area contributed by atoms with Gasteiger partial charge in [0.1, 0.15) is 5.54 Å². The number of nitrogens with one attached hydrogen (secondary N) is 1. The first-order chi connectivity index (χ1) is 8.63. The fourth-order valence-corrected chi connectivity index (χ4v) is 2.39. The fourth-order valence-electron chi connectivity index (χ4n) is 1.75. The molecule has 18 heavy (non-hydrogen) atoms. The molecule has 1 aromatic heterocycles. The zero-order chi connectivity index (χ0) is 13.0. The summed E-state index contributed by atoms with van der Waals surface area (Å²) in [6.45, 7) is 2.24. The highest BCUT2D eigenvalue weighted by molar-refractivity contribution is 7.09. The van der Waals surface area contributed by atoms with Gasteiger partial charge in [-0.2, -0.15) is 0 Å². The third-order valence-corrected chi connectivity index (χ3v) is 3.85. The standard InChI is InChI=1S/C14H15NO2S/c1-14(13(16)17,11-6-3-2-4-7-11)15-10-12-8-5-9-18-12/h2-9,15H,10H2,1H3,(H,16,17). The van der Waals surface area contributed by atoms with Crippen molar-refractivity contribution in [3.63, 3.8) is 0 Å². The Morgan fingerprint density at radius 1 is 1.28 bits per heavy atom. The molecule has 3 nitrogen and oxygen atoms in total. The predicted octanol–water partition coefficient (Wildman–Crippen LogP) is 2.84. The van der Waals surface area contributed by atoms with Crippen LogP contribution in [0.1, 0.15) is 17.4 Å². The van der Waals surface area contributed by atoms with Crippen molar-refractivity contribution < 1.29 is 9.90 Å². The van der Waals surface area contributed by atoms with Crippen molar-refractivity contribution in [1.29, 1.82) is 0 Å². The molecule has 1 heterocycles. The van der Waals surface area contributed by atoms with Crippen molar-refractivity contribution in [2.75, 3.05) is 0 Å². The number of carbonyl (C=O) groups is 1. The Morgan fingerprint density at radius 2 is 2.00 bits per heavy atom. The average molecular weight is 261 g/mol. The van der Waals surface area contributed by atoms with Gasteiger partial charge in [0.15, 0.2) is 0 Å². The minimum Gasteiger partial charge on any atom is -0.480 e. The number of hydrogen-bond donors (Lipinski definition) is 2. The monoisotopic (exact) mass is 261 g/mol. The first kappa shape index (κ1) is 12.8. The molecule has 1 aromatic carbocycles. The van der Waals surface area contributed by atoms with E-state index in [1.165, 1.54) is 0 Å². The molecule has 2 rings (SSSR count). The smallest absolute Gasteiger partial charge is 0.328 e.